The molecule has 0 spiro atoms. The Balaban J connectivity index is 2.55. The van der Waals surface area contributed by atoms with E-state index in [0.29, 0.717) is 5.75 Å². The first-order valence-electron chi connectivity index (χ1n) is 6.08. The average molecular weight is 268 g/mol. The van der Waals surface area contributed by atoms with Gasteiger partial charge < -0.3 is 4.74 Å². The van der Waals surface area contributed by atoms with Crippen molar-refractivity contribution < 1.29 is 13.7 Å². The molecular formula is C14H20O3S. The van der Waals surface area contributed by atoms with Gasteiger partial charge in [0.05, 0.1) is 13.5 Å². The lowest BCUT2D eigenvalue weighted by molar-refractivity contribution is -0.140. The Bertz CT molecular complexity index is 412. The second-order valence-electron chi connectivity index (χ2n) is 4.29. The van der Waals surface area contributed by atoms with Crippen molar-refractivity contribution in [2.24, 2.45) is 0 Å². The Hall–Kier alpha value is -1.16. The molecule has 0 saturated heterocycles. The first-order valence-corrected chi connectivity index (χ1v) is 7.46. The highest BCUT2D eigenvalue weighted by Crippen LogP contribution is 2.12. The third-order valence-corrected chi connectivity index (χ3v) is 4.55. The third-order valence-electron chi connectivity index (χ3n) is 2.87. The molecule has 0 N–H and O–H groups in total. The van der Waals surface area contributed by atoms with Gasteiger partial charge in [-0.1, -0.05) is 38.1 Å². The van der Waals surface area contributed by atoms with Gasteiger partial charge in [-0.2, -0.15) is 0 Å². The number of carbonyl (C=O) groups is 1. The van der Waals surface area contributed by atoms with E-state index in [1.54, 1.807) is 0 Å². The lowest BCUT2D eigenvalue weighted by Gasteiger charge is -2.10. The quantitative estimate of drug-likeness (QED) is 0.744. The highest BCUT2D eigenvalue weighted by atomic mass is 32.2. The van der Waals surface area contributed by atoms with Crippen LogP contribution in [0.2, 0.25) is 0 Å². The average Bonchev–Trinajstić information content (AvgIpc) is 2.39. The van der Waals surface area contributed by atoms with Crippen LogP contribution >= 0.6 is 0 Å². The Morgan fingerprint density at radius 2 is 1.83 bits per heavy atom. The minimum Gasteiger partial charge on any atom is -0.469 e. The van der Waals surface area contributed by atoms with Crippen LogP contribution in [0.1, 0.15) is 31.4 Å². The zero-order valence-corrected chi connectivity index (χ0v) is 12.0. The van der Waals surface area contributed by atoms with Crippen LogP contribution in [0, 0.1) is 0 Å². The van der Waals surface area contributed by atoms with Crippen LogP contribution in [0.4, 0.5) is 0 Å². The molecular weight excluding hydrogens is 248 g/mol. The van der Waals surface area contributed by atoms with Gasteiger partial charge in [-0.05, 0) is 17.5 Å². The SMILES string of the molecule is CCc1ccc(CS(=O)C(C)CC(=O)OC)cc1. The van der Waals surface area contributed by atoms with E-state index < -0.39 is 10.8 Å². The molecule has 2 unspecified atom stereocenters. The van der Waals surface area contributed by atoms with Gasteiger partial charge in [0, 0.05) is 21.8 Å². The maximum Gasteiger partial charge on any atom is 0.306 e. The van der Waals surface area contributed by atoms with Crippen molar-refractivity contribution in [2.75, 3.05) is 7.11 Å². The molecule has 0 radical (unpaired) electrons. The van der Waals surface area contributed by atoms with E-state index in [9.17, 15) is 9.00 Å². The summed E-state index contributed by atoms with van der Waals surface area (Å²) in [6.45, 7) is 3.92. The normalized spacial score (nSPS) is 13.9. The number of carbonyl (C=O) groups excluding carboxylic acids is 1. The van der Waals surface area contributed by atoms with Gasteiger partial charge in [-0.15, -0.1) is 0 Å². The van der Waals surface area contributed by atoms with E-state index in [2.05, 4.69) is 23.8 Å². The Morgan fingerprint density at radius 1 is 1.28 bits per heavy atom. The summed E-state index contributed by atoms with van der Waals surface area (Å²) in [5, 5.41) is -0.177. The number of aryl methyl sites for hydroxylation is 1. The van der Waals surface area contributed by atoms with Crippen LogP contribution in [0.25, 0.3) is 0 Å². The van der Waals surface area contributed by atoms with Crippen LogP contribution < -0.4 is 0 Å². The Labute approximate surface area is 111 Å². The highest BCUT2D eigenvalue weighted by molar-refractivity contribution is 7.84. The highest BCUT2D eigenvalue weighted by Gasteiger charge is 2.16. The number of rotatable bonds is 6. The molecule has 0 fully saturated rings. The van der Waals surface area contributed by atoms with Gasteiger partial charge in [0.2, 0.25) is 0 Å². The molecule has 18 heavy (non-hydrogen) atoms. The fourth-order valence-corrected chi connectivity index (χ4v) is 2.72. The van der Waals surface area contributed by atoms with Gasteiger partial charge >= 0.3 is 5.97 Å². The third kappa shape index (κ3) is 4.61. The van der Waals surface area contributed by atoms with Crippen LogP contribution in [0.5, 0.6) is 0 Å². The van der Waals surface area contributed by atoms with Crippen molar-refractivity contribution in [1.82, 2.24) is 0 Å². The molecule has 0 aliphatic rings. The number of hydrogen-bond acceptors (Lipinski definition) is 3. The molecule has 100 valence electrons. The van der Waals surface area contributed by atoms with E-state index in [1.807, 2.05) is 19.1 Å². The Morgan fingerprint density at radius 3 is 2.33 bits per heavy atom. The smallest absolute Gasteiger partial charge is 0.306 e. The minimum absolute atomic E-state index is 0.177. The summed E-state index contributed by atoms with van der Waals surface area (Å²) in [6.07, 6.45) is 1.21. The molecule has 0 aromatic heterocycles. The number of esters is 1. The van der Waals surface area contributed by atoms with E-state index in [4.69, 9.17) is 0 Å². The van der Waals surface area contributed by atoms with Gasteiger partial charge in [0.25, 0.3) is 0 Å². The molecule has 0 amide bonds. The summed E-state index contributed by atoms with van der Waals surface area (Å²) in [4.78, 5) is 11.1. The van der Waals surface area contributed by atoms with Gasteiger partial charge in [0.1, 0.15) is 0 Å². The maximum atomic E-state index is 12.0. The van der Waals surface area contributed by atoms with Crippen molar-refractivity contribution in [3.05, 3.63) is 35.4 Å². The van der Waals surface area contributed by atoms with Crippen LogP contribution in [0.15, 0.2) is 24.3 Å². The summed E-state index contributed by atoms with van der Waals surface area (Å²) >= 11 is 0. The van der Waals surface area contributed by atoms with Gasteiger partial charge in [-0.25, -0.2) is 0 Å². The fraction of sp³-hybridized carbons (Fsp3) is 0.500. The molecule has 0 heterocycles. The predicted molar refractivity (Wildman–Crippen MR) is 73.8 cm³/mol. The zero-order valence-electron chi connectivity index (χ0n) is 11.1. The molecule has 4 heteroatoms. The van der Waals surface area contributed by atoms with E-state index >= 15 is 0 Å². The monoisotopic (exact) mass is 268 g/mol. The van der Waals surface area contributed by atoms with Crippen molar-refractivity contribution in [3.8, 4) is 0 Å². The lowest BCUT2D eigenvalue weighted by atomic mass is 10.1. The van der Waals surface area contributed by atoms with E-state index in [-0.39, 0.29) is 17.6 Å². The first kappa shape index (κ1) is 14.9. The molecule has 1 rings (SSSR count). The molecule has 2 atom stereocenters. The molecule has 0 saturated carbocycles. The van der Waals surface area contributed by atoms with E-state index in [0.717, 1.165) is 12.0 Å². The number of benzene rings is 1. The fourth-order valence-electron chi connectivity index (χ4n) is 1.59. The molecule has 1 aromatic rings. The zero-order chi connectivity index (χ0) is 13.5. The number of methoxy groups -OCH3 is 1. The molecule has 0 aliphatic heterocycles. The number of ether oxygens (including phenoxy) is 1. The standard InChI is InChI=1S/C14H20O3S/c1-4-12-5-7-13(8-6-12)10-18(16)11(2)9-14(15)17-3/h5-8,11H,4,9-10H2,1-3H3. The summed E-state index contributed by atoms with van der Waals surface area (Å²) in [5.74, 6) is 0.180. The summed E-state index contributed by atoms with van der Waals surface area (Å²) in [5.41, 5.74) is 2.31. The molecule has 3 nitrogen and oxygen atoms in total. The number of hydrogen-bond donors (Lipinski definition) is 0. The minimum atomic E-state index is -1.05. The lowest BCUT2D eigenvalue weighted by Crippen LogP contribution is -2.18. The van der Waals surface area contributed by atoms with Crippen molar-refractivity contribution >= 4 is 16.8 Å². The van der Waals surface area contributed by atoms with Crippen molar-refractivity contribution in [2.45, 2.75) is 37.7 Å². The summed E-state index contributed by atoms with van der Waals surface area (Å²) in [6, 6.07) is 8.11. The second kappa shape index (κ2) is 7.31. The Kier molecular flexibility index (Phi) is 6.05. The van der Waals surface area contributed by atoms with Crippen LogP contribution in [-0.4, -0.2) is 22.5 Å². The molecule has 0 aliphatic carbocycles. The van der Waals surface area contributed by atoms with Crippen molar-refractivity contribution in [3.63, 3.8) is 0 Å². The summed E-state index contributed by atoms with van der Waals surface area (Å²) in [7, 11) is 0.301. The summed E-state index contributed by atoms with van der Waals surface area (Å²) < 4.78 is 16.6. The molecule has 1 aromatic carbocycles. The first-order chi connectivity index (χ1) is 8.56. The van der Waals surface area contributed by atoms with Gasteiger partial charge in [0.15, 0.2) is 0 Å². The van der Waals surface area contributed by atoms with Crippen LogP contribution in [-0.2, 0) is 32.5 Å². The molecule has 0 bridgehead atoms. The largest absolute Gasteiger partial charge is 0.469 e. The van der Waals surface area contributed by atoms with Crippen molar-refractivity contribution in [1.29, 1.82) is 0 Å². The second-order valence-corrected chi connectivity index (χ2v) is 6.14. The van der Waals surface area contributed by atoms with E-state index in [1.165, 1.54) is 12.7 Å². The maximum absolute atomic E-state index is 12.0. The predicted octanol–water partition coefficient (Wildman–Crippen LogP) is 2.45. The van der Waals surface area contributed by atoms with Gasteiger partial charge in [-0.3, -0.25) is 9.00 Å². The van der Waals surface area contributed by atoms with Crippen LogP contribution in [0.3, 0.4) is 0 Å². The topological polar surface area (TPSA) is 43.4 Å².